The molecule has 0 aliphatic rings. The van der Waals surface area contributed by atoms with Crippen molar-refractivity contribution < 1.29 is 23.2 Å². The maximum absolute atomic E-state index is 14.2. The summed E-state index contributed by atoms with van der Waals surface area (Å²) in [7, 11) is 1.44. The van der Waals surface area contributed by atoms with Gasteiger partial charge >= 0.3 is 0 Å². The molecule has 1 aromatic carbocycles. The van der Waals surface area contributed by atoms with Crippen molar-refractivity contribution in [2.24, 2.45) is 0 Å². The number of nitrogens with one attached hydrogen (secondary N) is 1. The number of carbonyl (C=O) groups excluding carboxylic acids is 1. The summed E-state index contributed by atoms with van der Waals surface area (Å²) < 4.78 is 29.7. The maximum Gasteiger partial charge on any atom is 0.210 e. The van der Waals surface area contributed by atoms with E-state index < -0.39 is 5.82 Å². The van der Waals surface area contributed by atoms with Crippen LogP contribution in [-0.4, -0.2) is 36.2 Å². The van der Waals surface area contributed by atoms with Gasteiger partial charge in [0.05, 0.1) is 6.61 Å². The van der Waals surface area contributed by atoms with Crippen molar-refractivity contribution in [3.05, 3.63) is 41.2 Å². The number of methoxy groups -OCH3 is 1. The molecule has 0 bridgehead atoms. The largest absolute Gasteiger partial charge is 0.491 e. The van der Waals surface area contributed by atoms with Gasteiger partial charge < -0.3 is 19.3 Å². The van der Waals surface area contributed by atoms with Gasteiger partial charge in [-0.2, -0.15) is 0 Å². The highest BCUT2D eigenvalue weighted by atomic mass is 32.1. The van der Waals surface area contributed by atoms with Gasteiger partial charge in [-0.05, 0) is 18.6 Å². The number of Topliss-reactive ketones (excluding diaryl/α,β-unsaturated/α-hetero) is 1. The normalized spacial score (nSPS) is 10.9. The van der Waals surface area contributed by atoms with Crippen LogP contribution in [0.4, 0.5) is 15.2 Å². The Labute approximate surface area is 171 Å². The van der Waals surface area contributed by atoms with Gasteiger partial charge in [0, 0.05) is 30.3 Å². The average Bonchev–Trinajstić information content (AvgIpc) is 3.36. The fourth-order valence-corrected chi connectivity index (χ4v) is 3.25. The van der Waals surface area contributed by atoms with Crippen LogP contribution in [0, 0.1) is 5.82 Å². The number of anilines is 2. The van der Waals surface area contributed by atoms with E-state index in [1.165, 1.54) is 30.6 Å². The van der Waals surface area contributed by atoms with Gasteiger partial charge in [-0.1, -0.05) is 24.9 Å². The monoisotopic (exact) mass is 419 g/mol. The lowest BCUT2D eigenvalue weighted by Gasteiger charge is -2.09. The van der Waals surface area contributed by atoms with Gasteiger partial charge in [0.25, 0.3) is 0 Å². The molecule has 3 rings (SSSR count). The highest BCUT2D eigenvalue weighted by Gasteiger charge is 2.16. The Bertz CT molecular complexity index is 957. The number of hydrogen-bond donors (Lipinski definition) is 1. The van der Waals surface area contributed by atoms with Crippen LogP contribution >= 0.6 is 11.3 Å². The summed E-state index contributed by atoms with van der Waals surface area (Å²) in [6, 6.07) is 6.22. The van der Waals surface area contributed by atoms with Gasteiger partial charge in [0.15, 0.2) is 28.2 Å². The number of ether oxygens (including phenoxy) is 2. The average molecular weight is 419 g/mol. The second-order valence-corrected chi connectivity index (χ2v) is 7.15. The van der Waals surface area contributed by atoms with Crippen molar-refractivity contribution in [3.8, 4) is 17.2 Å². The van der Waals surface area contributed by atoms with Crippen molar-refractivity contribution in [1.29, 1.82) is 0 Å². The van der Waals surface area contributed by atoms with E-state index in [0.29, 0.717) is 28.9 Å². The molecule has 0 atom stereocenters. The topological polar surface area (TPSA) is 86.5 Å². The summed E-state index contributed by atoms with van der Waals surface area (Å²) in [6.45, 7) is 2.53. The molecule has 0 amide bonds. The molecule has 2 aromatic heterocycles. The number of hydrogen-bond acceptors (Lipinski definition) is 8. The van der Waals surface area contributed by atoms with Crippen LogP contribution in [0.5, 0.6) is 5.75 Å². The Kier molecular flexibility index (Phi) is 7.31. The molecule has 0 radical (unpaired) electrons. The summed E-state index contributed by atoms with van der Waals surface area (Å²) in [4.78, 5) is 16.2. The van der Waals surface area contributed by atoms with Crippen molar-refractivity contribution in [2.75, 3.05) is 25.6 Å². The van der Waals surface area contributed by atoms with Gasteiger partial charge in [-0.15, -0.1) is 11.3 Å². The van der Waals surface area contributed by atoms with Crippen molar-refractivity contribution in [1.82, 2.24) is 10.1 Å². The first-order valence-corrected chi connectivity index (χ1v) is 10.1. The summed E-state index contributed by atoms with van der Waals surface area (Å²) >= 11 is 1.32. The molecule has 0 aliphatic heterocycles. The Hall–Kier alpha value is -2.78. The number of carbonyl (C=O) groups is 1. The lowest BCUT2D eigenvalue weighted by molar-refractivity contribution is 0.0839. The molecule has 0 aliphatic carbocycles. The molecule has 7 nitrogen and oxygen atoms in total. The predicted octanol–water partition coefficient (Wildman–Crippen LogP) is 5.08. The van der Waals surface area contributed by atoms with E-state index in [9.17, 15) is 9.18 Å². The number of aromatic nitrogens is 2. The molecule has 0 spiro atoms. The van der Waals surface area contributed by atoms with Crippen molar-refractivity contribution in [3.63, 3.8) is 0 Å². The molecule has 2 heterocycles. The molecule has 0 saturated carbocycles. The Morgan fingerprint density at radius 3 is 2.93 bits per heavy atom. The first-order valence-electron chi connectivity index (χ1n) is 9.24. The van der Waals surface area contributed by atoms with Crippen LogP contribution in [0.15, 0.2) is 34.2 Å². The van der Waals surface area contributed by atoms with E-state index >= 15 is 0 Å². The zero-order valence-corrected chi connectivity index (χ0v) is 17.1. The summed E-state index contributed by atoms with van der Waals surface area (Å²) in [6.07, 6.45) is 3.04. The standard InChI is InChI=1S/C20H22FN3O4S/c1-3-4-5-8-27-18-7-6-13(9-14(18)21)22-20-23-16(12-29-20)19-10-15(24-28-19)17(25)11-26-2/h6-7,9-10,12H,3-5,8,11H2,1-2H3,(H,22,23). The van der Waals surface area contributed by atoms with Gasteiger partial charge in [0.2, 0.25) is 5.78 Å². The summed E-state index contributed by atoms with van der Waals surface area (Å²) in [5.41, 5.74) is 1.26. The molecule has 154 valence electrons. The molecule has 9 heteroatoms. The molecule has 3 aromatic rings. The molecular weight excluding hydrogens is 397 g/mol. The summed E-state index contributed by atoms with van der Waals surface area (Å²) in [5, 5.41) is 9.10. The molecule has 0 fully saturated rings. The lowest BCUT2D eigenvalue weighted by atomic mass is 10.2. The molecule has 1 N–H and O–H groups in total. The first-order chi connectivity index (χ1) is 14.1. The van der Waals surface area contributed by atoms with Gasteiger partial charge in [0.1, 0.15) is 12.3 Å². The minimum Gasteiger partial charge on any atom is -0.491 e. The zero-order chi connectivity index (χ0) is 20.6. The van der Waals surface area contributed by atoms with Crippen LogP contribution < -0.4 is 10.1 Å². The second-order valence-electron chi connectivity index (χ2n) is 6.30. The Balaban J connectivity index is 1.63. The quantitative estimate of drug-likeness (QED) is 0.343. The first kappa shape index (κ1) is 20.9. The van der Waals surface area contributed by atoms with Crippen LogP contribution in [0.3, 0.4) is 0 Å². The number of ketones is 1. The third-order valence-electron chi connectivity index (χ3n) is 4.02. The van der Waals surface area contributed by atoms with E-state index in [4.69, 9.17) is 14.0 Å². The molecule has 29 heavy (non-hydrogen) atoms. The maximum atomic E-state index is 14.2. The van der Waals surface area contributed by atoms with Crippen LogP contribution in [0.2, 0.25) is 0 Å². The van der Waals surface area contributed by atoms with Gasteiger partial charge in [-0.3, -0.25) is 4.79 Å². The number of rotatable bonds is 11. The van der Waals surface area contributed by atoms with Gasteiger partial charge in [-0.25, -0.2) is 9.37 Å². The van der Waals surface area contributed by atoms with E-state index in [2.05, 4.69) is 22.4 Å². The fraction of sp³-hybridized carbons (Fsp3) is 0.350. The second kappa shape index (κ2) is 10.1. The van der Waals surface area contributed by atoms with Crippen LogP contribution in [0.1, 0.15) is 36.7 Å². The van der Waals surface area contributed by atoms with Crippen molar-refractivity contribution >= 4 is 27.9 Å². The van der Waals surface area contributed by atoms with Crippen LogP contribution in [-0.2, 0) is 4.74 Å². The van der Waals surface area contributed by atoms with Crippen molar-refractivity contribution in [2.45, 2.75) is 26.2 Å². The number of halogens is 1. The molecule has 0 unspecified atom stereocenters. The zero-order valence-electron chi connectivity index (χ0n) is 16.2. The highest BCUT2D eigenvalue weighted by molar-refractivity contribution is 7.14. The van der Waals surface area contributed by atoms with E-state index in [0.717, 1.165) is 19.3 Å². The third kappa shape index (κ3) is 5.61. The summed E-state index contributed by atoms with van der Waals surface area (Å²) in [5.74, 6) is -0.0967. The Morgan fingerprint density at radius 1 is 1.31 bits per heavy atom. The number of nitrogens with zero attached hydrogens (tertiary/aromatic N) is 2. The highest BCUT2D eigenvalue weighted by Crippen LogP contribution is 2.29. The minimum atomic E-state index is -0.431. The SMILES string of the molecule is CCCCCOc1ccc(Nc2nc(-c3cc(C(=O)COC)no3)cs2)cc1F. The van der Waals surface area contributed by atoms with E-state index in [1.807, 2.05) is 0 Å². The third-order valence-corrected chi connectivity index (χ3v) is 4.77. The predicted molar refractivity (Wildman–Crippen MR) is 109 cm³/mol. The van der Waals surface area contributed by atoms with Crippen LogP contribution in [0.25, 0.3) is 11.5 Å². The fourth-order valence-electron chi connectivity index (χ4n) is 2.53. The molecule has 0 saturated heterocycles. The number of thiazole rings is 1. The number of benzene rings is 1. The lowest BCUT2D eigenvalue weighted by Crippen LogP contribution is -2.06. The number of unbranched alkanes of at least 4 members (excludes halogenated alkanes) is 2. The Morgan fingerprint density at radius 2 is 2.17 bits per heavy atom. The van der Waals surface area contributed by atoms with E-state index in [1.54, 1.807) is 17.5 Å². The van der Waals surface area contributed by atoms with E-state index in [-0.39, 0.29) is 23.8 Å². The minimum absolute atomic E-state index is 0.0697. The smallest absolute Gasteiger partial charge is 0.210 e. The molecular formula is C20H22FN3O4S.